The molecule has 3 rings (SSSR count). The number of fused-ring (bicyclic) bond motifs is 2. The van der Waals surface area contributed by atoms with E-state index in [4.69, 9.17) is 0 Å². The van der Waals surface area contributed by atoms with Gasteiger partial charge in [-0.25, -0.2) is 0 Å². The predicted octanol–water partition coefficient (Wildman–Crippen LogP) is 2.43. The molecule has 0 unspecified atom stereocenters. The summed E-state index contributed by atoms with van der Waals surface area (Å²) >= 11 is 0. The first kappa shape index (κ1) is 16.0. The third-order valence-corrected chi connectivity index (χ3v) is 5.51. The van der Waals surface area contributed by atoms with Crippen molar-refractivity contribution in [2.45, 2.75) is 58.5 Å². The van der Waals surface area contributed by atoms with Crippen LogP contribution in [0, 0.1) is 34.8 Å². The van der Waals surface area contributed by atoms with Crippen molar-refractivity contribution in [3.05, 3.63) is 22.0 Å². The van der Waals surface area contributed by atoms with Gasteiger partial charge in [-0.15, -0.1) is 0 Å². The minimum absolute atomic E-state index is 0.000701. The van der Waals surface area contributed by atoms with Crippen LogP contribution in [0.1, 0.15) is 44.7 Å². The highest BCUT2D eigenvalue weighted by Gasteiger charge is 2.42. The first-order valence-corrected chi connectivity index (χ1v) is 8.42. The smallest absolute Gasteiger partial charge is 0.309 e. The molecule has 2 saturated carbocycles. The van der Waals surface area contributed by atoms with Gasteiger partial charge >= 0.3 is 5.69 Å². The number of nitrogens with zero attached hydrogens (tertiary/aromatic N) is 3. The van der Waals surface area contributed by atoms with Crippen molar-refractivity contribution in [2.75, 3.05) is 0 Å². The van der Waals surface area contributed by atoms with E-state index in [2.05, 4.69) is 17.3 Å². The van der Waals surface area contributed by atoms with Gasteiger partial charge in [-0.05, 0) is 50.9 Å². The Kier molecular flexibility index (Phi) is 4.37. The van der Waals surface area contributed by atoms with E-state index in [1.807, 2.05) is 0 Å². The molecule has 0 saturated heterocycles. The summed E-state index contributed by atoms with van der Waals surface area (Å²) in [4.78, 5) is 22.5. The molecule has 0 radical (unpaired) electrons. The first-order valence-electron chi connectivity index (χ1n) is 8.42. The minimum Gasteiger partial charge on any atom is -0.353 e. The largest absolute Gasteiger partial charge is 0.353 e. The third-order valence-electron chi connectivity index (χ3n) is 5.51. The summed E-state index contributed by atoms with van der Waals surface area (Å²) in [7, 11) is 0. The van der Waals surface area contributed by atoms with Gasteiger partial charge < -0.3 is 5.32 Å². The number of amides is 1. The van der Waals surface area contributed by atoms with E-state index in [0.717, 1.165) is 11.8 Å². The molecule has 0 aliphatic heterocycles. The van der Waals surface area contributed by atoms with Gasteiger partial charge in [-0.3, -0.25) is 19.6 Å². The molecule has 126 valence electrons. The van der Waals surface area contributed by atoms with Gasteiger partial charge in [0.15, 0.2) is 0 Å². The molecule has 2 aliphatic carbocycles. The molecule has 1 aromatic heterocycles. The van der Waals surface area contributed by atoms with Crippen LogP contribution in [0.2, 0.25) is 0 Å². The molecule has 4 atom stereocenters. The zero-order chi connectivity index (χ0) is 16.6. The fourth-order valence-electron chi connectivity index (χ4n) is 4.36. The Labute approximate surface area is 135 Å². The van der Waals surface area contributed by atoms with Crippen molar-refractivity contribution in [1.29, 1.82) is 0 Å². The van der Waals surface area contributed by atoms with Crippen molar-refractivity contribution >= 4 is 11.6 Å². The number of rotatable bonds is 6. The number of carbonyl (C=O) groups excluding carboxylic acids is 1. The average Bonchev–Trinajstić information content (AvgIpc) is 3.19. The number of nitro groups is 1. The van der Waals surface area contributed by atoms with Crippen molar-refractivity contribution in [1.82, 2.24) is 15.1 Å². The number of aromatic nitrogens is 2. The quantitative estimate of drug-likeness (QED) is 0.644. The maximum atomic E-state index is 12.1. The molecular formula is C16H24N4O3. The lowest BCUT2D eigenvalue weighted by molar-refractivity contribution is -0.385. The van der Waals surface area contributed by atoms with Crippen molar-refractivity contribution in [2.24, 2.45) is 17.8 Å². The number of aryl methyl sites for hydroxylation is 2. The van der Waals surface area contributed by atoms with E-state index in [1.165, 1.54) is 36.6 Å². The zero-order valence-corrected chi connectivity index (χ0v) is 13.7. The Hall–Kier alpha value is -1.92. The normalized spacial score (nSPS) is 27.1. The lowest BCUT2D eigenvalue weighted by Crippen LogP contribution is -2.40. The zero-order valence-electron chi connectivity index (χ0n) is 13.7. The van der Waals surface area contributed by atoms with Crippen LogP contribution in [0.15, 0.2) is 6.20 Å². The number of hydrogen-bond acceptors (Lipinski definition) is 4. The molecule has 1 aromatic rings. The fraction of sp³-hybridized carbons (Fsp3) is 0.750. The summed E-state index contributed by atoms with van der Waals surface area (Å²) < 4.78 is 1.48. The van der Waals surface area contributed by atoms with Crippen LogP contribution < -0.4 is 5.32 Å². The minimum atomic E-state index is -0.448. The topological polar surface area (TPSA) is 90.1 Å². The lowest BCUT2D eigenvalue weighted by atomic mass is 9.84. The van der Waals surface area contributed by atoms with Crippen LogP contribution in [-0.4, -0.2) is 26.7 Å². The van der Waals surface area contributed by atoms with Gasteiger partial charge in [-0.1, -0.05) is 6.42 Å². The Morgan fingerprint density at radius 2 is 2.30 bits per heavy atom. The lowest BCUT2D eigenvalue weighted by Gasteiger charge is -2.28. The Bertz CT molecular complexity index is 612. The van der Waals surface area contributed by atoms with E-state index in [-0.39, 0.29) is 17.6 Å². The standard InChI is InChI=1S/C16H24N4O3/c1-10(14-8-12-3-4-13(14)7-12)17-16(21)5-6-19-9-15(20(22)23)11(2)18-19/h9-10,12-14H,3-8H2,1-2H3,(H,17,21)/t10-,12+,13+,14+/m0/s1. The second-order valence-electron chi connectivity index (χ2n) is 7.06. The maximum Gasteiger partial charge on any atom is 0.309 e. The molecular weight excluding hydrogens is 296 g/mol. The van der Waals surface area contributed by atoms with E-state index in [0.29, 0.717) is 24.6 Å². The molecule has 7 heteroatoms. The molecule has 2 fully saturated rings. The van der Waals surface area contributed by atoms with Gasteiger partial charge in [0.05, 0.1) is 4.92 Å². The molecule has 23 heavy (non-hydrogen) atoms. The second-order valence-corrected chi connectivity index (χ2v) is 7.06. The summed E-state index contributed by atoms with van der Waals surface area (Å²) in [6, 6.07) is 0.214. The SMILES string of the molecule is Cc1nn(CCC(=O)N[C@@H](C)[C@H]2C[C@@H]3CC[C@@H]2C3)cc1[N+](=O)[O-]. The van der Waals surface area contributed by atoms with Crippen molar-refractivity contribution in [3.63, 3.8) is 0 Å². The molecule has 2 bridgehead atoms. The fourth-order valence-corrected chi connectivity index (χ4v) is 4.36. The van der Waals surface area contributed by atoms with Gasteiger partial charge in [0.25, 0.3) is 0 Å². The number of carbonyl (C=O) groups is 1. The van der Waals surface area contributed by atoms with Crippen LogP contribution in [0.25, 0.3) is 0 Å². The van der Waals surface area contributed by atoms with Crippen LogP contribution in [0.3, 0.4) is 0 Å². The van der Waals surface area contributed by atoms with Crippen LogP contribution >= 0.6 is 0 Å². The summed E-state index contributed by atoms with van der Waals surface area (Å²) in [6.45, 7) is 4.07. The van der Waals surface area contributed by atoms with E-state index in [9.17, 15) is 14.9 Å². The summed E-state index contributed by atoms with van der Waals surface area (Å²) in [5, 5.41) is 18.0. The van der Waals surface area contributed by atoms with Crippen LogP contribution in [0.5, 0.6) is 0 Å². The predicted molar refractivity (Wildman–Crippen MR) is 84.8 cm³/mol. The second kappa shape index (κ2) is 6.29. The Balaban J connectivity index is 1.48. The number of hydrogen-bond donors (Lipinski definition) is 1. The molecule has 7 nitrogen and oxygen atoms in total. The molecule has 1 N–H and O–H groups in total. The molecule has 1 heterocycles. The first-order chi connectivity index (χ1) is 10.9. The average molecular weight is 320 g/mol. The third kappa shape index (κ3) is 3.38. The van der Waals surface area contributed by atoms with Gasteiger partial charge in [0, 0.05) is 19.0 Å². The van der Waals surface area contributed by atoms with Crippen LogP contribution in [0.4, 0.5) is 5.69 Å². The van der Waals surface area contributed by atoms with E-state index in [1.54, 1.807) is 6.92 Å². The van der Waals surface area contributed by atoms with Gasteiger partial charge in [-0.2, -0.15) is 5.10 Å². The highest BCUT2D eigenvalue weighted by molar-refractivity contribution is 5.76. The molecule has 0 spiro atoms. The van der Waals surface area contributed by atoms with Crippen molar-refractivity contribution in [3.8, 4) is 0 Å². The highest BCUT2D eigenvalue weighted by Crippen LogP contribution is 2.49. The monoisotopic (exact) mass is 320 g/mol. The highest BCUT2D eigenvalue weighted by atomic mass is 16.6. The van der Waals surface area contributed by atoms with Gasteiger partial charge in [0.1, 0.15) is 11.9 Å². The van der Waals surface area contributed by atoms with Crippen LogP contribution in [-0.2, 0) is 11.3 Å². The van der Waals surface area contributed by atoms with Gasteiger partial charge in [0.2, 0.25) is 5.91 Å². The number of nitrogens with one attached hydrogen (secondary N) is 1. The summed E-state index contributed by atoms with van der Waals surface area (Å²) in [5.74, 6) is 2.27. The van der Waals surface area contributed by atoms with E-state index < -0.39 is 4.92 Å². The van der Waals surface area contributed by atoms with Crippen molar-refractivity contribution < 1.29 is 9.72 Å². The summed E-state index contributed by atoms with van der Waals surface area (Å²) in [5.41, 5.74) is 0.381. The Morgan fingerprint density at radius 1 is 1.52 bits per heavy atom. The molecule has 1 amide bonds. The van der Waals surface area contributed by atoms with E-state index >= 15 is 0 Å². The molecule has 0 aromatic carbocycles. The molecule has 2 aliphatic rings. The maximum absolute atomic E-state index is 12.1. The Morgan fingerprint density at radius 3 is 2.87 bits per heavy atom. The summed E-state index contributed by atoms with van der Waals surface area (Å²) in [6.07, 6.45) is 6.94.